The van der Waals surface area contributed by atoms with Crippen molar-refractivity contribution in [2.24, 2.45) is 5.73 Å². The molecule has 1 saturated carbocycles. The van der Waals surface area contributed by atoms with Crippen LogP contribution < -0.4 is 11.1 Å². The highest BCUT2D eigenvalue weighted by Crippen LogP contribution is 2.38. The number of primary amides is 1. The summed E-state index contributed by atoms with van der Waals surface area (Å²) < 4.78 is 28.7. The van der Waals surface area contributed by atoms with Gasteiger partial charge in [-0.25, -0.2) is 4.39 Å². The first-order chi connectivity index (χ1) is 14.4. The number of thiophene rings is 1. The topological polar surface area (TPSA) is 127 Å². The largest absolute Gasteiger partial charge is 0.592 e. The first-order valence-electron chi connectivity index (χ1n) is 9.10. The molecule has 30 heavy (non-hydrogen) atoms. The second-order valence-corrected chi connectivity index (χ2v) is 9.49. The van der Waals surface area contributed by atoms with Crippen molar-refractivity contribution in [1.82, 2.24) is 14.5 Å². The first-order valence-corrected chi connectivity index (χ1v) is 11.0. The van der Waals surface area contributed by atoms with Crippen molar-refractivity contribution in [2.75, 3.05) is 5.32 Å². The lowest BCUT2D eigenvalue weighted by Gasteiger charge is -2.22. The number of amides is 2. The number of nitrogens with one attached hydrogen (secondary N) is 2. The van der Waals surface area contributed by atoms with Gasteiger partial charge >= 0.3 is 0 Å². The number of hydrogen-bond acceptors (Lipinski definition) is 6. The van der Waals surface area contributed by atoms with Crippen LogP contribution in [0.3, 0.4) is 0 Å². The Hall–Kier alpha value is -2.73. The van der Waals surface area contributed by atoms with E-state index in [-0.39, 0.29) is 28.1 Å². The number of rotatable bonds is 8. The summed E-state index contributed by atoms with van der Waals surface area (Å²) in [5, 5.41) is 9.17. The van der Waals surface area contributed by atoms with E-state index >= 15 is 0 Å². The molecule has 0 saturated heterocycles. The monoisotopic (exact) mass is 447 g/mol. The van der Waals surface area contributed by atoms with Gasteiger partial charge < -0.3 is 15.6 Å². The number of halogens is 1. The van der Waals surface area contributed by atoms with Gasteiger partial charge in [0.1, 0.15) is 16.5 Å². The van der Waals surface area contributed by atoms with Gasteiger partial charge in [0.2, 0.25) is 4.21 Å². The minimum atomic E-state index is -1.57. The van der Waals surface area contributed by atoms with E-state index < -0.39 is 23.2 Å². The normalized spacial score (nSPS) is 14.6. The first kappa shape index (κ1) is 20.5. The third kappa shape index (κ3) is 4.54. The van der Waals surface area contributed by atoms with Gasteiger partial charge in [-0.05, 0) is 36.6 Å². The molecular formula is C19H18FN5O3S2. The third-order valence-corrected chi connectivity index (χ3v) is 7.36. The number of H-pyrrole nitrogens is 1. The number of nitrogens with zero attached hydrogens (tertiary/aromatic N) is 2. The van der Waals surface area contributed by atoms with Crippen molar-refractivity contribution in [3.63, 3.8) is 0 Å². The minimum Gasteiger partial charge on any atom is -0.592 e. The lowest BCUT2D eigenvalue weighted by atomic mass is 10.2. The zero-order valence-electron chi connectivity index (χ0n) is 15.6. The zero-order chi connectivity index (χ0) is 21.3. The second-order valence-electron chi connectivity index (χ2n) is 6.77. The maximum atomic E-state index is 13.3. The van der Waals surface area contributed by atoms with Crippen LogP contribution >= 0.6 is 11.3 Å². The molecule has 2 aromatic heterocycles. The van der Waals surface area contributed by atoms with Gasteiger partial charge in [-0.15, -0.1) is 4.31 Å². The Labute approximate surface area is 178 Å². The van der Waals surface area contributed by atoms with Crippen LogP contribution in [-0.4, -0.2) is 36.9 Å². The van der Waals surface area contributed by atoms with E-state index in [0.29, 0.717) is 10.8 Å². The molecule has 0 spiro atoms. The summed E-state index contributed by atoms with van der Waals surface area (Å²) in [7, 11) is 0. The molecular weight excluding hydrogens is 429 g/mol. The molecule has 11 heteroatoms. The van der Waals surface area contributed by atoms with E-state index in [2.05, 4.69) is 15.5 Å². The molecule has 2 amide bonds. The average molecular weight is 448 g/mol. The summed E-state index contributed by atoms with van der Waals surface area (Å²) in [4.78, 5) is 24.2. The van der Waals surface area contributed by atoms with Crippen molar-refractivity contribution in [2.45, 2.75) is 29.6 Å². The molecule has 1 atom stereocenters. The number of aromatic nitrogens is 2. The average Bonchev–Trinajstić information content (AvgIpc) is 3.24. The highest BCUT2D eigenvalue weighted by atomic mass is 32.2. The minimum absolute atomic E-state index is 0.0877. The quantitative estimate of drug-likeness (QED) is 0.458. The molecule has 4 N–H and O–H groups in total. The Kier molecular flexibility index (Phi) is 5.86. The summed E-state index contributed by atoms with van der Waals surface area (Å²) in [5.74, 6) is -1.58. The van der Waals surface area contributed by atoms with Gasteiger partial charge in [0.05, 0.1) is 29.5 Å². The Bertz CT molecular complexity index is 1050. The highest BCUT2D eigenvalue weighted by molar-refractivity contribution is 7.91. The van der Waals surface area contributed by atoms with E-state index in [0.717, 1.165) is 29.7 Å². The predicted octanol–water partition coefficient (Wildman–Crippen LogP) is 2.65. The number of benzene rings is 1. The second kappa shape index (κ2) is 8.56. The maximum absolute atomic E-state index is 13.3. The van der Waals surface area contributed by atoms with E-state index in [1.54, 1.807) is 12.1 Å². The molecule has 0 bridgehead atoms. The van der Waals surface area contributed by atoms with Gasteiger partial charge in [-0.1, -0.05) is 23.5 Å². The molecule has 1 aromatic carbocycles. The van der Waals surface area contributed by atoms with Crippen molar-refractivity contribution < 1.29 is 18.5 Å². The van der Waals surface area contributed by atoms with Gasteiger partial charge in [0, 0.05) is 12.3 Å². The molecule has 1 fully saturated rings. The Morgan fingerprint density at radius 1 is 1.33 bits per heavy atom. The fraction of sp³-hybridized carbons (Fsp3) is 0.211. The molecule has 8 nitrogen and oxygen atoms in total. The molecule has 4 rings (SSSR count). The SMILES string of the molecule is NC(=O)c1cc([S+]([O-])N(Cc2ccc(F)cc2)C2CC2)sc1NC(=O)c1cc[nH]n1. The molecule has 1 aliphatic rings. The van der Waals surface area contributed by atoms with Crippen LogP contribution in [0.25, 0.3) is 0 Å². The number of carbonyl (C=O) groups excluding carboxylic acids is 2. The van der Waals surface area contributed by atoms with Gasteiger partial charge in [-0.3, -0.25) is 14.7 Å². The van der Waals surface area contributed by atoms with E-state index in [9.17, 15) is 18.5 Å². The van der Waals surface area contributed by atoms with Crippen molar-refractivity contribution in [3.05, 3.63) is 65.2 Å². The molecule has 2 heterocycles. The maximum Gasteiger partial charge on any atom is 0.276 e. The Balaban J connectivity index is 1.57. The van der Waals surface area contributed by atoms with Crippen LogP contribution in [0.4, 0.5) is 9.39 Å². The summed E-state index contributed by atoms with van der Waals surface area (Å²) in [6.07, 6.45) is 3.31. The van der Waals surface area contributed by atoms with E-state index in [1.165, 1.54) is 30.5 Å². The molecule has 1 unspecified atom stereocenters. The van der Waals surface area contributed by atoms with Gasteiger partial charge in [-0.2, -0.15) is 5.10 Å². The fourth-order valence-electron chi connectivity index (χ4n) is 2.86. The zero-order valence-corrected chi connectivity index (χ0v) is 17.3. The Morgan fingerprint density at radius 2 is 2.07 bits per heavy atom. The number of carbonyl (C=O) groups is 2. The van der Waals surface area contributed by atoms with Crippen LogP contribution in [0.15, 0.2) is 46.8 Å². The smallest absolute Gasteiger partial charge is 0.276 e. The number of nitrogens with two attached hydrogens (primary N) is 1. The van der Waals surface area contributed by atoms with E-state index in [1.807, 2.05) is 4.31 Å². The van der Waals surface area contributed by atoms with Crippen LogP contribution in [0.5, 0.6) is 0 Å². The number of anilines is 1. The summed E-state index contributed by atoms with van der Waals surface area (Å²) in [6.45, 7) is 0.371. The third-order valence-electron chi connectivity index (χ3n) is 4.53. The summed E-state index contributed by atoms with van der Waals surface area (Å²) in [5.41, 5.74) is 6.52. The highest BCUT2D eigenvalue weighted by Gasteiger charge is 2.39. The standard InChI is InChI=1S/C19H18FN5O3S2/c20-12-3-1-11(2-4-12)10-25(13-5-6-13)30(28)16-9-14(17(21)26)19(29-16)23-18(27)15-7-8-22-24-15/h1-4,7-9,13H,5-6,10H2,(H2,21,26)(H,22,24)(H,23,27). The van der Waals surface area contributed by atoms with Crippen molar-refractivity contribution in [3.8, 4) is 0 Å². The van der Waals surface area contributed by atoms with Crippen LogP contribution in [0, 0.1) is 5.82 Å². The van der Waals surface area contributed by atoms with Crippen molar-refractivity contribution >= 4 is 39.5 Å². The molecule has 156 valence electrons. The van der Waals surface area contributed by atoms with E-state index in [4.69, 9.17) is 5.73 Å². The lowest BCUT2D eigenvalue weighted by Crippen LogP contribution is -2.32. The van der Waals surface area contributed by atoms with Crippen LogP contribution in [0.2, 0.25) is 0 Å². The fourth-order valence-corrected chi connectivity index (χ4v) is 5.67. The van der Waals surface area contributed by atoms with Gasteiger partial charge in [0.15, 0.2) is 0 Å². The van der Waals surface area contributed by atoms with Crippen molar-refractivity contribution in [1.29, 1.82) is 0 Å². The number of hydrogen-bond donors (Lipinski definition) is 3. The van der Waals surface area contributed by atoms with Crippen LogP contribution in [-0.2, 0) is 17.9 Å². The molecule has 3 aromatic rings. The van der Waals surface area contributed by atoms with Crippen LogP contribution in [0.1, 0.15) is 39.3 Å². The Morgan fingerprint density at radius 3 is 2.67 bits per heavy atom. The lowest BCUT2D eigenvalue weighted by molar-refractivity contribution is 0.100. The molecule has 0 aliphatic heterocycles. The molecule has 0 radical (unpaired) electrons. The molecule has 1 aliphatic carbocycles. The van der Waals surface area contributed by atoms with Gasteiger partial charge in [0.25, 0.3) is 11.8 Å². The summed E-state index contributed by atoms with van der Waals surface area (Å²) >= 11 is -0.539. The predicted molar refractivity (Wildman–Crippen MR) is 111 cm³/mol. The summed E-state index contributed by atoms with van der Waals surface area (Å²) in [6, 6.07) is 9.11. The number of aromatic amines is 1.